The summed E-state index contributed by atoms with van der Waals surface area (Å²) >= 11 is 0. The zero-order valence-corrected chi connectivity index (χ0v) is 20.6. The van der Waals surface area contributed by atoms with Gasteiger partial charge in [0.15, 0.2) is 0 Å². The molecule has 1 aliphatic heterocycles. The number of carbonyl (C=O) groups excluding carboxylic acids is 1. The van der Waals surface area contributed by atoms with Crippen LogP contribution in [0.3, 0.4) is 0 Å². The molecule has 2 aromatic carbocycles. The van der Waals surface area contributed by atoms with E-state index in [1.807, 2.05) is 38.1 Å². The van der Waals surface area contributed by atoms with Gasteiger partial charge in [-0.1, -0.05) is 24.3 Å². The van der Waals surface area contributed by atoms with E-state index in [4.69, 9.17) is 14.2 Å². The van der Waals surface area contributed by atoms with E-state index >= 15 is 0 Å². The molecule has 1 aromatic heterocycles. The van der Waals surface area contributed by atoms with Gasteiger partial charge >= 0.3 is 5.97 Å². The highest BCUT2D eigenvalue weighted by molar-refractivity contribution is 5.94. The Labute approximate surface area is 207 Å². The van der Waals surface area contributed by atoms with Crippen LogP contribution in [0.15, 0.2) is 66.9 Å². The number of piperazine rings is 1. The Morgan fingerprint density at radius 3 is 2.23 bits per heavy atom. The number of hydrogen-bond donors (Lipinski definition) is 0. The first kappa shape index (κ1) is 24.5. The van der Waals surface area contributed by atoms with E-state index in [0.717, 1.165) is 49.8 Å². The molecule has 7 nitrogen and oxygen atoms in total. The fourth-order valence-electron chi connectivity index (χ4n) is 4.04. The number of pyridine rings is 1. The van der Waals surface area contributed by atoms with Crippen molar-refractivity contribution in [2.24, 2.45) is 0 Å². The van der Waals surface area contributed by atoms with Crippen molar-refractivity contribution in [3.05, 3.63) is 83.6 Å². The molecule has 1 aliphatic rings. The Morgan fingerprint density at radius 2 is 1.57 bits per heavy atom. The van der Waals surface area contributed by atoms with Crippen LogP contribution in [0.1, 0.15) is 35.3 Å². The van der Waals surface area contributed by atoms with Crippen molar-refractivity contribution in [2.75, 3.05) is 38.2 Å². The lowest BCUT2D eigenvalue weighted by molar-refractivity contribution is 0.0378. The Bertz CT molecular complexity index is 1090. The predicted octanol–water partition coefficient (Wildman–Crippen LogP) is 4.56. The standard InChI is InChI=1S/C28H33N3O4/c1-21(2)35-28(32)26-5-4-14-29-27(26)31-17-15-30(16-18-31)19-22-6-8-23(9-7-22)20-34-25-12-10-24(33-3)11-13-25/h4-14,21H,15-20H2,1-3H3. The predicted molar refractivity (Wildman–Crippen MR) is 136 cm³/mol. The molecule has 0 spiro atoms. The van der Waals surface area contributed by atoms with Crippen molar-refractivity contribution in [3.8, 4) is 11.5 Å². The molecule has 0 atom stereocenters. The van der Waals surface area contributed by atoms with Gasteiger partial charge in [0.1, 0.15) is 29.5 Å². The number of nitrogens with zero attached hydrogens (tertiary/aromatic N) is 3. The third-order valence-corrected chi connectivity index (χ3v) is 5.92. The largest absolute Gasteiger partial charge is 0.497 e. The number of anilines is 1. The lowest BCUT2D eigenvalue weighted by Crippen LogP contribution is -2.46. The van der Waals surface area contributed by atoms with E-state index in [1.165, 1.54) is 5.56 Å². The molecule has 35 heavy (non-hydrogen) atoms. The van der Waals surface area contributed by atoms with Crippen LogP contribution in [0.5, 0.6) is 11.5 Å². The van der Waals surface area contributed by atoms with Gasteiger partial charge < -0.3 is 19.1 Å². The lowest BCUT2D eigenvalue weighted by Gasteiger charge is -2.36. The van der Waals surface area contributed by atoms with E-state index < -0.39 is 0 Å². The van der Waals surface area contributed by atoms with Gasteiger partial charge in [-0.15, -0.1) is 0 Å². The molecule has 0 N–H and O–H groups in total. The highest BCUT2D eigenvalue weighted by atomic mass is 16.5. The Hall–Kier alpha value is -3.58. The summed E-state index contributed by atoms with van der Waals surface area (Å²) in [5.41, 5.74) is 2.93. The van der Waals surface area contributed by atoms with E-state index in [2.05, 4.69) is 39.0 Å². The van der Waals surface area contributed by atoms with Gasteiger partial charge in [-0.25, -0.2) is 9.78 Å². The summed E-state index contributed by atoms with van der Waals surface area (Å²) in [6.45, 7) is 8.55. The molecule has 0 bridgehead atoms. The number of carbonyl (C=O) groups is 1. The third kappa shape index (κ3) is 6.73. The molecular weight excluding hydrogens is 442 g/mol. The lowest BCUT2D eigenvalue weighted by atomic mass is 10.1. The van der Waals surface area contributed by atoms with Crippen LogP contribution in [0.25, 0.3) is 0 Å². The maximum atomic E-state index is 12.5. The summed E-state index contributed by atoms with van der Waals surface area (Å²) in [5, 5.41) is 0. The molecule has 4 rings (SSSR count). The second-order valence-electron chi connectivity index (χ2n) is 8.87. The van der Waals surface area contributed by atoms with Gasteiger partial charge in [0.2, 0.25) is 0 Å². The Morgan fingerprint density at radius 1 is 0.914 bits per heavy atom. The number of aromatic nitrogens is 1. The minimum absolute atomic E-state index is 0.159. The SMILES string of the molecule is COc1ccc(OCc2ccc(CN3CCN(c4ncccc4C(=O)OC(C)C)CC3)cc2)cc1. The van der Waals surface area contributed by atoms with Crippen LogP contribution in [0.4, 0.5) is 5.82 Å². The van der Waals surface area contributed by atoms with Gasteiger partial charge in [0, 0.05) is 38.9 Å². The van der Waals surface area contributed by atoms with Gasteiger partial charge in [-0.2, -0.15) is 0 Å². The van der Waals surface area contributed by atoms with Crippen molar-refractivity contribution in [3.63, 3.8) is 0 Å². The summed E-state index contributed by atoms with van der Waals surface area (Å²) in [7, 11) is 1.65. The number of hydrogen-bond acceptors (Lipinski definition) is 7. The average molecular weight is 476 g/mol. The average Bonchev–Trinajstić information content (AvgIpc) is 2.89. The Kier molecular flexibility index (Phi) is 8.21. The molecular formula is C28H33N3O4. The first-order valence-electron chi connectivity index (χ1n) is 12.0. The third-order valence-electron chi connectivity index (χ3n) is 5.92. The first-order valence-corrected chi connectivity index (χ1v) is 12.0. The van der Waals surface area contributed by atoms with E-state index in [0.29, 0.717) is 18.0 Å². The molecule has 2 heterocycles. The molecule has 0 amide bonds. The normalized spacial score (nSPS) is 14.1. The fraction of sp³-hybridized carbons (Fsp3) is 0.357. The van der Waals surface area contributed by atoms with E-state index in [1.54, 1.807) is 25.4 Å². The van der Waals surface area contributed by atoms with Crippen molar-refractivity contribution < 1.29 is 19.0 Å². The highest BCUT2D eigenvalue weighted by Crippen LogP contribution is 2.22. The van der Waals surface area contributed by atoms with Crippen molar-refractivity contribution in [1.82, 2.24) is 9.88 Å². The molecule has 0 aliphatic carbocycles. The number of methoxy groups -OCH3 is 1. The highest BCUT2D eigenvalue weighted by Gasteiger charge is 2.23. The summed E-state index contributed by atoms with van der Waals surface area (Å²) in [6.07, 6.45) is 1.57. The zero-order chi connectivity index (χ0) is 24.6. The van der Waals surface area contributed by atoms with Crippen LogP contribution < -0.4 is 14.4 Å². The first-order chi connectivity index (χ1) is 17.0. The number of rotatable bonds is 9. The van der Waals surface area contributed by atoms with Crippen molar-refractivity contribution >= 4 is 11.8 Å². The minimum Gasteiger partial charge on any atom is -0.497 e. The van der Waals surface area contributed by atoms with Gasteiger partial charge in [0.05, 0.1) is 13.2 Å². The second-order valence-corrected chi connectivity index (χ2v) is 8.87. The van der Waals surface area contributed by atoms with Gasteiger partial charge in [0.25, 0.3) is 0 Å². The van der Waals surface area contributed by atoms with E-state index in [-0.39, 0.29) is 12.1 Å². The molecule has 7 heteroatoms. The van der Waals surface area contributed by atoms with Crippen LogP contribution in [-0.2, 0) is 17.9 Å². The van der Waals surface area contributed by atoms with Crippen molar-refractivity contribution in [1.29, 1.82) is 0 Å². The molecule has 0 saturated carbocycles. The number of ether oxygens (including phenoxy) is 3. The van der Waals surface area contributed by atoms with E-state index in [9.17, 15) is 4.79 Å². The summed E-state index contributed by atoms with van der Waals surface area (Å²) in [5.74, 6) is 2.03. The molecule has 1 fully saturated rings. The number of benzene rings is 2. The molecule has 1 saturated heterocycles. The van der Waals surface area contributed by atoms with Gasteiger partial charge in [-0.3, -0.25) is 4.90 Å². The molecule has 0 radical (unpaired) electrons. The number of esters is 1. The maximum absolute atomic E-state index is 12.5. The summed E-state index contributed by atoms with van der Waals surface area (Å²) in [6, 6.07) is 19.7. The Balaban J connectivity index is 1.27. The molecule has 0 unspecified atom stereocenters. The smallest absolute Gasteiger partial charge is 0.342 e. The minimum atomic E-state index is -0.318. The van der Waals surface area contributed by atoms with Crippen LogP contribution in [0, 0.1) is 0 Å². The monoisotopic (exact) mass is 475 g/mol. The second kappa shape index (κ2) is 11.7. The van der Waals surface area contributed by atoms with Crippen molar-refractivity contribution in [2.45, 2.75) is 33.1 Å². The van der Waals surface area contributed by atoms with Crippen LogP contribution in [0.2, 0.25) is 0 Å². The van der Waals surface area contributed by atoms with Crippen LogP contribution >= 0.6 is 0 Å². The topological polar surface area (TPSA) is 64.1 Å². The summed E-state index contributed by atoms with van der Waals surface area (Å²) < 4.78 is 16.5. The van der Waals surface area contributed by atoms with Crippen LogP contribution in [-0.4, -0.2) is 55.2 Å². The quantitative estimate of drug-likeness (QED) is 0.421. The maximum Gasteiger partial charge on any atom is 0.342 e. The molecule has 3 aromatic rings. The zero-order valence-electron chi connectivity index (χ0n) is 20.6. The fourth-order valence-corrected chi connectivity index (χ4v) is 4.04. The van der Waals surface area contributed by atoms with Gasteiger partial charge in [-0.05, 0) is 61.4 Å². The molecule has 184 valence electrons. The summed E-state index contributed by atoms with van der Waals surface area (Å²) in [4.78, 5) is 21.6.